The Morgan fingerprint density at radius 3 is 2.68 bits per heavy atom. The van der Waals surface area contributed by atoms with Crippen molar-refractivity contribution < 1.29 is 13.9 Å². The molecule has 0 bridgehead atoms. The van der Waals surface area contributed by atoms with Crippen LogP contribution in [0.5, 0.6) is 5.75 Å². The van der Waals surface area contributed by atoms with Crippen molar-refractivity contribution in [1.82, 2.24) is 10.2 Å². The van der Waals surface area contributed by atoms with Crippen molar-refractivity contribution in [1.29, 1.82) is 0 Å². The van der Waals surface area contributed by atoms with E-state index in [4.69, 9.17) is 10.5 Å². The topological polar surface area (TPSA) is 67.6 Å². The molecule has 0 radical (unpaired) electrons. The van der Waals surface area contributed by atoms with Gasteiger partial charge < -0.3 is 15.8 Å². The van der Waals surface area contributed by atoms with E-state index in [1.54, 1.807) is 0 Å². The van der Waals surface area contributed by atoms with E-state index in [0.29, 0.717) is 11.8 Å². The minimum Gasteiger partial charge on any atom is -0.495 e. The minimum atomic E-state index is -0.622. The number of amides is 1. The van der Waals surface area contributed by atoms with Gasteiger partial charge in [0.25, 0.3) is 5.91 Å². The minimum absolute atomic E-state index is 0.0228. The van der Waals surface area contributed by atoms with Crippen LogP contribution >= 0.6 is 0 Å². The van der Waals surface area contributed by atoms with E-state index < -0.39 is 11.7 Å². The van der Waals surface area contributed by atoms with Crippen LogP contribution in [0, 0.1) is 5.82 Å². The van der Waals surface area contributed by atoms with Gasteiger partial charge in [0.1, 0.15) is 11.6 Å². The van der Waals surface area contributed by atoms with Crippen molar-refractivity contribution in [2.24, 2.45) is 0 Å². The van der Waals surface area contributed by atoms with Gasteiger partial charge in [-0.15, -0.1) is 0 Å². The Morgan fingerprint density at radius 1 is 1.36 bits per heavy atom. The van der Waals surface area contributed by atoms with Gasteiger partial charge in [0, 0.05) is 25.2 Å². The smallest absolute Gasteiger partial charge is 0.254 e. The second kappa shape index (κ2) is 6.12. The normalized spacial score (nSPS) is 19.9. The Bertz CT molecular complexity index is 567. The molecule has 3 rings (SSSR count). The van der Waals surface area contributed by atoms with Crippen molar-refractivity contribution in [2.45, 2.75) is 37.8 Å². The highest BCUT2D eigenvalue weighted by Crippen LogP contribution is 2.28. The van der Waals surface area contributed by atoms with Gasteiger partial charge in [-0.3, -0.25) is 9.69 Å². The zero-order chi connectivity index (χ0) is 15.7. The first-order valence-corrected chi connectivity index (χ1v) is 7.76. The summed E-state index contributed by atoms with van der Waals surface area (Å²) in [5.74, 6) is -0.720. The Balaban J connectivity index is 1.59. The maximum absolute atomic E-state index is 13.9. The quantitative estimate of drug-likeness (QED) is 0.832. The van der Waals surface area contributed by atoms with Gasteiger partial charge in [-0.1, -0.05) is 12.8 Å². The first-order valence-electron chi connectivity index (χ1n) is 7.76. The number of ether oxygens (including phenoxy) is 1. The molecule has 1 heterocycles. The fourth-order valence-corrected chi connectivity index (χ4v) is 3.35. The summed E-state index contributed by atoms with van der Waals surface area (Å²) in [4.78, 5) is 14.6. The van der Waals surface area contributed by atoms with Crippen molar-refractivity contribution >= 4 is 11.6 Å². The largest absolute Gasteiger partial charge is 0.495 e. The highest BCUT2D eigenvalue weighted by molar-refractivity contribution is 5.95. The number of likely N-dealkylation sites (tertiary alicyclic amines) is 1. The molecular formula is C16H22FN3O2. The lowest BCUT2D eigenvalue weighted by Gasteiger charge is -2.43. The molecule has 2 fully saturated rings. The third kappa shape index (κ3) is 2.88. The standard InChI is InChI=1S/C16H22FN3O2/c1-22-15-6-12(13(17)7-14(15)18)16(21)19-10-8-20(9-10)11-4-2-3-5-11/h6-7,10-11H,2-5,8-9,18H2,1H3,(H,19,21). The predicted molar refractivity (Wildman–Crippen MR) is 82.4 cm³/mol. The lowest BCUT2D eigenvalue weighted by molar-refractivity contribution is 0.0647. The van der Waals surface area contributed by atoms with Crippen LogP contribution in [0.3, 0.4) is 0 Å². The molecule has 1 saturated carbocycles. The molecule has 0 unspecified atom stereocenters. The van der Waals surface area contributed by atoms with E-state index in [9.17, 15) is 9.18 Å². The van der Waals surface area contributed by atoms with Crippen LogP contribution in [0.2, 0.25) is 0 Å². The fraction of sp³-hybridized carbons (Fsp3) is 0.562. The van der Waals surface area contributed by atoms with Crippen molar-refractivity contribution in [3.8, 4) is 5.75 Å². The monoisotopic (exact) mass is 307 g/mol. The highest BCUT2D eigenvalue weighted by Gasteiger charge is 2.34. The Hall–Kier alpha value is -1.82. The van der Waals surface area contributed by atoms with Crippen LogP contribution in [-0.2, 0) is 0 Å². The summed E-state index contributed by atoms with van der Waals surface area (Å²) in [5, 5.41) is 2.88. The molecule has 22 heavy (non-hydrogen) atoms. The lowest BCUT2D eigenvalue weighted by atomic mass is 10.0. The van der Waals surface area contributed by atoms with Crippen molar-refractivity contribution in [2.75, 3.05) is 25.9 Å². The van der Waals surface area contributed by atoms with Crippen LogP contribution in [-0.4, -0.2) is 43.1 Å². The van der Waals surface area contributed by atoms with Crippen molar-refractivity contribution in [3.63, 3.8) is 0 Å². The Kier molecular flexibility index (Phi) is 4.20. The lowest BCUT2D eigenvalue weighted by Crippen LogP contribution is -2.61. The molecule has 1 aromatic carbocycles. The fourth-order valence-electron chi connectivity index (χ4n) is 3.35. The summed E-state index contributed by atoms with van der Waals surface area (Å²) < 4.78 is 18.9. The molecule has 6 heteroatoms. The molecular weight excluding hydrogens is 285 g/mol. The number of hydrogen-bond acceptors (Lipinski definition) is 4. The van der Waals surface area contributed by atoms with Gasteiger partial charge in [-0.05, 0) is 18.9 Å². The number of carbonyl (C=O) groups excluding carboxylic acids is 1. The molecule has 5 nitrogen and oxygen atoms in total. The van der Waals surface area contributed by atoms with Gasteiger partial charge in [0.05, 0.1) is 24.4 Å². The maximum Gasteiger partial charge on any atom is 0.254 e. The number of halogens is 1. The molecule has 0 atom stereocenters. The zero-order valence-corrected chi connectivity index (χ0v) is 12.8. The number of rotatable bonds is 4. The maximum atomic E-state index is 13.9. The first kappa shape index (κ1) is 15.1. The van der Waals surface area contributed by atoms with Gasteiger partial charge in [0.15, 0.2) is 0 Å². The number of nitrogens with one attached hydrogen (secondary N) is 1. The van der Waals surface area contributed by atoms with E-state index in [1.807, 2.05) is 0 Å². The molecule has 1 aromatic rings. The van der Waals surface area contributed by atoms with Crippen LogP contribution < -0.4 is 15.8 Å². The average molecular weight is 307 g/mol. The highest BCUT2D eigenvalue weighted by atomic mass is 19.1. The molecule has 1 amide bonds. The van der Waals surface area contributed by atoms with Crippen LogP contribution in [0.1, 0.15) is 36.0 Å². The predicted octanol–water partition coefficient (Wildman–Crippen LogP) is 1.77. The molecule has 2 aliphatic rings. The SMILES string of the molecule is COc1cc(C(=O)NC2CN(C3CCCC3)C2)c(F)cc1N. The Labute approximate surface area is 129 Å². The van der Waals surface area contributed by atoms with E-state index in [2.05, 4.69) is 10.2 Å². The zero-order valence-electron chi connectivity index (χ0n) is 12.8. The number of carbonyl (C=O) groups is 1. The molecule has 120 valence electrons. The number of nitrogens with two attached hydrogens (primary N) is 1. The summed E-state index contributed by atoms with van der Waals surface area (Å²) in [6, 6.07) is 3.24. The third-order valence-electron chi connectivity index (χ3n) is 4.65. The summed E-state index contributed by atoms with van der Waals surface area (Å²) >= 11 is 0. The molecule has 1 saturated heterocycles. The summed E-state index contributed by atoms with van der Waals surface area (Å²) in [7, 11) is 1.44. The third-order valence-corrected chi connectivity index (χ3v) is 4.65. The van der Waals surface area contributed by atoms with Gasteiger partial charge >= 0.3 is 0 Å². The van der Waals surface area contributed by atoms with Crippen molar-refractivity contribution in [3.05, 3.63) is 23.5 Å². The first-order chi connectivity index (χ1) is 10.6. The van der Waals surface area contributed by atoms with Crippen LogP contribution in [0.4, 0.5) is 10.1 Å². The Morgan fingerprint density at radius 2 is 2.05 bits per heavy atom. The number of methoxy groups -OCH3 is 1. The molecule has 1 aliphatic carbocycles. The van der Waals surface area contributed by atoms with E-state index in [0.717, 1.165) is 19.2 Å². The van der Waals surface area contributed by atoms with E-state index >= 15 is 0 Å². The number of benzene rings is 1. The van der Waals surface area contributed by atoms with E-state index in [-0.39, 0.29) is 17.3 Å². The number of hydrogen-bond donors (Lipinski definition) is 2. The number of nitrogen functional groups attached to an aromatic ring is 1. The van der Waals surface area contributed by atoms with Gasteiger partial charge in [0.2, 0.25) is 0 Å². The summed E-state index contributed by atoms with van der Waals surface area (Å²) in [5.41, 5.74) is 5.79. The molecule has 0 spiro atoms. The molecule has 0 aromatic heterocycles. The van der Waals surface area contributed by atoms with Gasteiger partial charge in [-0.2, -0.15) is 0 Å². The van der Waals surface area contributed by atoms with Crippen LogP contribution in [0.25, 0.3) is 0 Å². The van der Waals surface area contributed by atoms with E-state index in [1.165, 1.54) is 38.9 Å². The summed E-state index contributed by atoms with van der Waals surface area (Å²) in [6.45, 7) is 1.70. The summed E-state index contributed by atoms with van der Waals surface area (Å²) in [6.07, 6.45) is 5.11. The second-order valence-electron chi connectivity index (χ2n) is 6.14. The van der Waals surface area contributed by atoms with Crippen LogP contribution in [0.15, 0.2) is 12.1 Å². The average Bonchev–Trinajstić information content (AvgIpc) is 2.96. The number of nitrogens with zero attached hydrogens (tertiary/aromatic N) is 1. The molecule has 1 aliphatic heterocycles. The molecule has 3 N–H and O–H groups in total. The second-order valence-corrected chi connectivity index (χ2v) is 6.14. The number of anilines is 1. The van der Waals surface area contributed by atoms with Gasteiger partial charge in [-0.25, -0.2) is 4.39 Å².